The summed E-state index contributed by atoms with van der Waals surface area (Å²) in [5, 5.41) is 4.78. The van der Waals surface area contributed by atoms with Crippen molar-refractivity contribution in [3.8, 4) is 0 Å². The zero-order chi connectivity index (χ0) is 26.9. The average Bonchev–Trinajstić information content (AvgIpc) is 3.28. The number of hydrogen-bond donors (Lipinski definition) is 2. The third-order valence-electron chi connectivity index (χ3n) is 10.1. The maximum atomic E-state index is 13.5. The number of hydrogen-bond acceptors (Lipinski definition) is 7. The molecule has 4 atom stereocenters. The van der Waals surface area contributed by atoms with Crippen molar-refractivity contribution in [3.05, 3.63) is 0 Å². The third-order valence-corrected chi connectivity index (χ3v) is 12.5. The van der Waals surface area contributed by atoms with Gasteiger partial charge < -0.3 is 15.0 Å². The number of alkyl carbamates (subject to hydrolysis) is 1. The molecule has 0 aromatic heterocycles. The molecule has 5 aliphatic rings. The molecule has 216 valence electrons. The zero-order valence-corrected chi connectivity index (χ0v) is 24.0. The molecule has 1 saturated carbocycles. The van der Waals surface area contributed by atoms with E-state index in [-0.39, 0.29) is 29.3 Å². The SMILES string of the molecule is COC(=O)NC1CCC(S(=O)(=O)N2CCC(C3CCN4NC(C)C(C(=O)N5CCCCC5)C4C3)CC2)CC1. The summed E-state index contributed by atoms with van der Waals surface area (Å²) in [6.45, 7) is 6.11. The van der Waals surface area contributed by atoms with Crippen LogP contribution in [0.5, 0.6) is 0 Å². The largest absolute Gasteiger partial charge is 0.453 e. The lowest BCUT2D eigenvalue weighted by Crippen LogP contribution is -2.51. The van der Waals surface area contributed by atoms with E-state index >= 15 is 0 Å². The fraction of sp³-hybridized carbons (Fsp3) is 0.926. The van der Waals surface area contributed by atoms with Crippen LogP contribution in [0, 0.1) is 17.8 Å². The quantitative estimate of drug-likeness (QED) is 0.538. The second kappa shape index (κ2) is 12.0. The molecular weight excluding hydrogens is 506 g/mol. The van der Waals surface area contributed by atoms with Crippen molar-refractivity contribution in [3.63, 3.8) is 0 Å². The Morgan fingerprint density at radius 2 is 1.53 bits per heavy atom. The number of methoxy groups -OCH3 is 1. The number of nitrogens with zero attached hydrogens (tertiary/aromatic N) is 3. The Labute approximate surface area is 228 Å². The van der Waals surface area contributed by atoms with Gasteiger partial charge in [0, 0.05) is 50.8 Å². The lowest BCUT2D eigenvalue weighted by atomic mass is 9.74. The summed E-state index contributed by atoms with van der Waals surface area (Å²) in [6.07, 6.45) is 9.44. The molecule has 5 rings (SSSR count). The summed E-state index contributed by atoms with van der Waals surface area (Å²) >= 11 is 0. The van der Waals surface area contributed by atoms with Crippen molar-refractivity contribution in [1.29, 1.82) is 0 Å². The molecule has 2 amide bonds. The van der Waals surface area contributed by atoms with Crippen LogP contribution in [-0.4, -0.2) is 97.8 Å². The predicted octanol–water partition coefficient (Wildman–Crippen LogP) is 2.31. The van der Waals surface area contributed by atoms with Crippen molar-refractivity contribution < 1.29 is 22.7 Å². The highest BCUT2D eigenvalue weighted by Crippen LogP contribution is 2.41. The fourth-order valence-corrected chi connectivity index (χ4v) is 9.89. The number of piperidine rings is 3. The standard InChI is InChI=1S/C27H47N5O5S/c1-19-25(26(33)30-13-4-3-5-14-30)24-18-21(12-17-32(24)29-19)20-10-15-31(16-11-20)38(35,36)23-8-6-22(7-9-23)28-27(34)37-2/h19-25,29H,3-18H2,1-2H3,(H,28,34). The van der Waals surface area contributed by atoms with Crippen molar-refractivity contribution >= 4 is 22.0 Å². The first-order valence-electron chi connectivity index (χ1n) is 14.9. The average molecular weight is 554 g/mol. The van der Waals surface area contributed by atoms with Gasteiger partial charge in [-0.3, -0.25) is 10.2 Å². The van der Waals surface area contributed by atoms with Crippen LogP contribution in [0.15, 0.2) is 0 Å². The number of nitrogens with one attached hydrogen (secondary N) is 2. The molecule has 4 aliphatic heterocycles. The lowest BCUT2D eigenvalue weighted by molar-refractivity contribution is -0.138. The first-order valence-corrected chi connectivity index (χ1v) is 16.4. The number of carbonyl (C=O) groups excluding carboxylic acids is 2. The van der Waals surface area contributed by atoms with Crippen LogP contribution in [0.2, 0.25) is 0 Å². The molecule has 4 heterocycles. The number of hydrazine groups is 1. The maximum absolute atomic E-state index is 13.5. The molecule has 2 N–H and O–H groups in total. The summed E-state index contributed by atoms with van der Waals surface area (Å²) in [5.41, 5.74) is 3.60. The number of ether oxygens (including phenoxy) is 1. The van der Waals surface area contributed by atoms with Gasteiger partial charge in [-0.2, -0.15) is 0 Å². The van der Waals surface area contributed by atoms with Crippen molar-refractivity contribution in [2.45, 2.75) is 101 Å². The Bertz CT molecular complexity index is 942. The highest BCUT2D eigenvalue weighted by atomic mass is 32.2. The molecule has 0 spiro atoms. The number of rotatable bonds is 5. The molecule has 5 fully saturated rings. The second-order valence-electron chi connectivity index (χ2n) is 12.3. The summed E-state index contributed by atoms with van der Waals surface area (Å²) in [6, 6.07) is 0.399. The van der Waals surface area contributed by atoms with Crippen molar-refractivity contribution in [2.24, 2.45) is 17.8 Å². The van der Waals surface area contributed by atoms with E-state index in [1.54, 1.807) is 4.31 Å². The molecular formula is C27H47N5O5S. The van der Waals surface area contributed by atoms with Crippen LogP contribution in [0.4, 0.5) is 4.79 Å². The number of sulfonamides is 1. The zero-order valence-electron chi connectivity index (χ0n) is 23.1. The topological polar surface area (TPSA) is 111 Å². The Hall–Kier alpha value is -1.43. The highest BCUT2D eigenvalue weighted by Gasteiger charge is 2.49. The van der Waals surface area contributed by atoms with E-state index in [0.717, 1.165) is 58.2 Å². The van der Waals surface area contributed by atoms with E-state index in [0.29, 0.717) is 56.5 Å². The van der Waals surface area contributed by atoms with Gasteiger partial charge in [0.15, 0.2) is 0 Å². The summed E-state index contributed by atoms with van der Waals surface area (Å²) < 4.78 is 33.2. The highest BCUT2D eigenvalue weighted by molar-refractivity contribution is 7.89. The van der Waals surface area contributed by atoms with Crippen LogP contribution in [0.3, 0.4) is 0 Å². The van der Waals surface area contributed by atoms with Gasteiger partial charge in [-0.15, -0.1) is 0 Å². The maximum Gasteiger partial charge on any atom is 0.407 e. The Kier molecular flexibility index (Phi) is 8.86. The summed E-state index contributed by atoms with van der Waals surface area (Å²) in [7, 11) is -1.99. The molecule has 10 nitrogen and oxygen atoms in total. The van der Waals surface area contributed by atoms with Crippen LogP contribution >= 0.6 is 0 Å². The van der Waals surface area contributed by atoms with Crippen LogP contribution < -0.4 is 10.7 Å². The first kappa shape index (κ1) is 28.1. The van der Waals surface area contributed by atoms with Gasteiger partial charge in [0.25, 0.3) is 0 Å². The Morgan fingerprint density at radius 1 is 0.868 bits per heavy atom. The third kappa shape index (κ3) is 5.86. The first-order chi connectivity index (χ1) is 18.3. The van der Waals surface area contributed by atoms with Gasteiger partial charge in [-0.05, 0) is 89.4 Å². The summed E-state index contributed by atoms with van der Waals surface area (Å²) in [4.78, 5) is 27.1. The smallest absolute Gasteiger partial charge is 0.407 e. The molecule has 4 unspecified atom stereocenters. The monoisotopic (exact) mass is 553 g/mol. The van der Waals surface area contributed by atoms with Gasteiger partial charge in [0.2, 0.25) is 15.9 Å². The van der Waals surface area contributed by atoms with Crippen molar-refractivity contribution in [1.82, 2.24) is 25.0 Å². The van der Waals surface area contributed by atoms with Crippen LogP contribution in [0.25, 0.3) is 0 Å². The van der Waals surface area contributed by atoms with E-state index in [2.05, 4.69) is 32.3 Å². The molecule has 11 heteroatoms. The van der Waals surface area contributed by atoms with Gasteiger partial charge in [0.05, 0.1) is 18.3 Å². The summed E-state index contributed by atoms with van der Waals surface area (Å²) in [5.74, 6) is 1.41. The molecule has 0 aromatic carbocycles. The number of likely N-dealkylation sites (tertiary alicyclic amines) is 1. The minimum Gasteiger partial charge on any atom is -0.453 e. The minimum absolute atomic E-state index is 0.0103. The van der Waals surface area contributed by atoms with E-state index in [1.165, 1.54) is 13.5 Å². The van der Waals surface area contributed by atoms with E-state index in [1.807, 2.05) is 0 Å². The molecule has 1 aliphatic carbocycles. The Morgan fingerprint density at radius 3 is 2.18 bits per heavy atom. The normalized spacial score (nSPS) is 36.0. The molecule has 0 aromatic rings. The van der Waals surface area contributed by atoms with Crippen molar-refractivity contribution in [2.75, 3.05) is 39.8 Å². The number of carbonyl (C=O) groups is 2. The number of amides is 2. The second-order valence-corrected chi connectivity index (χ2v) is 14.5. The Balaban J connectivity index is 1.13. The minimum atomic E-state index is -3.33. The van der Waals surface area contributed by atoms with E-state index in [9.17, 15) is 18.0 Å². The van der Waals surface area contributed by atoms with Crippen LogP contribution in [-0.2, 0) is 19.6 Å². The van der Waals surface area contributed by atoms with Gasteiger partial charge in [0.1, 0.15) is 0 Å². The predicted molar refractivity (Wildman–Crippen MR) is 145 cm³/mol. The van der Waals surface area contributed by atoms with Crippen LogP contribution in [0.1, 0.15) is 77.6 Å². The molecule has 4 saturated heterocycles. The molecule has 0 bridgehead atoms. The van der Waals surface area contributed by atoms with E-state index in [4.69, 9.17) is 0 Å². The fourth-order valence-electron chi connectivity index (χ4n) is 7.88. The lowest BCUT2D eigenvalue weighted by Gasteiger charge is -2.43. The van der Waals surface area contributed by atoms with E-state index < -0.39 is 16.1 Å². The van der Waals surface area contributed by atoms with Gasteiger partial charge in [-0.25, -0.2) is 22.5 Å². The molecule has 38 heavy (non-hydrogen) atoms. The molecule has 0 radical (unpaired) electrons. The number of fused-ring (bicyclic) bond motifs is 1. The van der Waals surface area contributed by atoms with Gasteiger partial charge >= 0.3 is 6.09 Å². The van der Waals surface area contributed by atoms with Gasteiger partial charge in [-0.1, -0.05) is 0 Å².